The maximum absolute atomic E-state index is 10.5. The van der Waals surface area contributed by atoms with Crippen LogP contribution >= 0.6 is 0 Å². The molecule has 0 spiro atoms. The molecule has 0 aromatic heterocycles. The molecule has 0 aromatic rings. The van der Waals surface area contributed by atoms with Crippen molar-refractivity contribution in [1.82, 2.24) is 0 Å². The molecule has 0 bridgehead atoms. The molecule has 0 saturated carbocycles. The van der Waals surface area contributed by atoms with E-state index in [0.29, 0.717) is 139 Å². The topological polar surface area (TPSA) is 180 Å². The number of hydrogen-bond acceptors (Lipinski definition) is 14. The number of amides is 1. The van der Waals surface area contributed by atoms with E-state index in [2.05, 4.69) is 4.84 Å². The zero-order valence-corrected chi connectivity index (χ0v) is 22.5. The van der Waals surface area contributed by atoms with Gasteiger partial charge >= 0.3 is 0 Å². The first kappa shape index (κ1) is 37.0. The highest BCUT2D eigenvalue weighted by Crippen LogP contribution is 1.87. The third kappa shape index (κ3) is 35.0. The molecule has 15 nitrogen and oxygen atoms in total. The summed E-state index contributed by atoms with van der Waals surface area (Å²) in [6.07, 6.45) is 0.217. The number of carbonyl (C=O) groups is 1. The van der Waals surface area contributed by atoms with Crippen LogP contribution in [-0.2, 0) is 62.0 Å². The second-order valence-corrected chi connectivity index (χ2v) is 7.24. The van der Waals surface area contributed by atoms with E-state index < -0.39 is 0 Å². The fourth-order valence-electron chi connectivity index (χ4n) is 2.33. The summed E-state index contributed by atoms with van der Waals surface area (Å²) in [6.45, 7) is 9.12. The lowest BCUT2D eigenvalue weighted by atomic mass is 10.4. The van der Waals surface area contributed by atoms with E-state index in [1.165, 1.54) is 0 Å². The van der Waals surface area contributed by atoms with Crippen molar-refractivity contribution in [3.63, 3.8) is 0 Å². The van der Waals surface area contributed by atoms with Crippen molar-refractivity contribution in [2.45, 2.75) is 6.42 Å². The highest BCUT2D eigenvalue weighted by Gasteiger charge is 1.97. The van der Waals surface area contributed by atoms with Crippen LogP contribution in [0.4, 0.5) is 0 Å². The third-order valence-electron chi connectivity index (χ3n) is 4.15. The maximum atomic E-state index is 10.5. The maximum Gasteiger partial charge on any atom is 0.219 e. The molecule has 0 aromatic carbocycles. The van der Waals surface area contributed by atoms with E-state index in [0.717, 1.165) is 0 Å². The zero-order chi connectivity index (χ0) is 27.6. The molecule has 1 amide bonds. The Bertz CT molecular complexity index is 467. The van der Waals surface area contributed by atoms with Gasteiger partial charge in [0.1, 0.15) is 13.2 Å². The lowest BCUT2D eigenvalue weighted by Crippen LogP contribution is -2.16. The van der Waals surface area contributed by atoms with Crippen LogP contribution in [0.1, 0.15) is 6.42 Å². The van der Waals surface area contributed by atoms with E-state index in [1.54, 1.807) is 0 Å². The molecule has 0 saturated heterocycles. The van der Waals surface area contributed by atoms with Gasteiger partial charge in [-0.05, 0) is 0 Å². The normalized spacial score (nSPS) is 11.4. The van der Waals surface area contributed by atoms with E-state index in [4.69, 9.17) is 64.0 Å². The van der Waals surface area contributed by atoms with Gasteiger partial charge < -0.3 is 53.2 Å². The van der Waals surface area contributed by atoms with Gasteiger partial charge in [0, 0.05) is 6.42 Å². The summed E-state index contributed by atoms with van der Waals surface area (Å²) in [4.78, 5) is 24.9. The molecule has 0 unspecified atom stereocenters. The molecule has 228 valence electrons. The highest BCUT2D eigenvalue weighted by atomic mass is 17.2. The van der Waals surface area contributed by atoms with Crippen LogP contribution in [-0.4, -0.2) is 145 Å². The van der Waals surface area contributed by atoms with E-state index in [-0.39, 0.29) is 12.3 Å². The number of rotatable bonds is 34. The van der Waals surface area contributed by atoms with Crippen molar-refractivity contribution in [2.24, 2.45) is 11.6 Å². The quantitative estimate of drug-likeness (QED) is 0.0547. The Kier molecular flexibility index (Phi) is 33.0. The van der Waals surface area contributed by atoms with Crippen molar-refractivity contribution in [3.05, 3.63) is 0 Å². The van der Waals surface area contributed by atoms with Gasteiger partial charge in [-0.2, -0.15) is 0 Å². The molecule has 0 rings (SSSR count). The molecule has 0 aliphatic rings. The number of primary amides is 1. The first-order valence-electron chi connectivity index (χ1n) is 12.8. The Hall–Kier alpha value is -1.05. The minimum Gasteiger partial charge on any atom is -0.379 e. The summed E-state index contributed by atoms with van der Waals surface area (Å²) in [5, 5.41) is 0. The monoisotopic (exact) mass is 560 g/mol. The average molecular weight is 561 g/mol. The molecule has 0 aliphatic heterocycles. The zero-order valence-electron chi connectivity index (χ0n) is 22.5. The van der Waals surface area contributed by atoms with E-state index in [9.17, 15) is 4.79 Å². The molecule has 0 fully saturated rings. The standard InChI is InChI=1S/C23H48N2O13/c24-23(26)1-2-27-3-4-28-5-6-29-7-9-31-12-15-34-18-21-37-38-22-19-35-16-13-32-10-8-30-11-14-33-17-20-36-25/h1-22,25H2,(H2,24,26). The van der Waals surface area contributed by atoms with Crippen molar-refractivity contribution in [2.75, 3.05) is 139 Å². The second-order valence-electron chi connectivity index (χ2n) is 7.24. The SMILES string of the molecule is NOCCOCCOCCOCCOCCOOCCOCCOCCOCCOCCOCCC(N)=O. The summed E-state index contributed by atoms with van der Waals surface area (Å²) < 4.78 is 47.9. The predicted octanol–water partition coefficient (Wildman–Crippen LogP) is -1.15. The lowest BCUT2D eigenvalue weighted by Gasteiger charge is -2.08. The van der Waals surface area contributed by atoms with E-state index in [1.807, 2.05) is 0 Å². The van der Waals surface area contributed by atoms with Crippen molar-refractivity contribution in [3.8, 4) is 0 Å². The van der Waals surface area contributed by atoms with Crippen molar-refractivity contribution in [1.29, 1.82) is 0 Å². The van der Waals surface area contributed by atoms with Crippen LogP contribution < -0.4 is 11.6 Å². The molecular weight excluding hydrogens is 512 g/mol. The summed E-state index contributed by atoms with van der Waals surface area (Å²) >= 11 is 0. The molecular formula is C23H48N2O13. The molecule has 0 heterocycles. The summed E-state index contributed by atoms with van der Waals surface area (Å²) in [5.41, 5.74) is 5.00. The number of nitrogens with two attached hydrogens (primary N) is 2. The minimum atomic E-state index is -0.378. The molecule has 0 aliphatic carbocycles. The van der Waals surface area contributed by atoms with Crippen LogP contribution in [0.3, 0.4) is 0 Å². The van der Waals surface area contributed by atoms with Crippen LogP contribution in [0, 0.1) is 0 Å². The summed E-state index contributed by atoms with van der Waals surface area (Å²) in [7, 11) is 0. The molecule has 38 heavy (non-hydrogen) atoms. The van der Waals surface area contributed by atoms with Gasteiger partial charge in [0.25, 0.3) is 0 Å². The fraction of sp³-hybridized carbons (Fsp3) is 0.957. The highest BCUT2D eigenvalue weighted by molar-refractivity contribution is 5.73. The predicted molar refractivity (Wildman–Crippen MR) is 133 cm³/mol. The van der Waals surface area contributed by atoms with Gasteiger partial charge in [0.2, 0.25) is 5.91 Å². The van der Waals surface area contributed by atoms with E-state index >= 15 is 0 Å². The number of hydrogen-bond donors (Lipinski definition) is 2. The number of carbonyl (C=O) groups excluding carboxylic acids is 1. The van der Waals surface area contributed by atoms with Gasteiger partial charge in [0.15, 0.2) is 0 Å². The van der Waals surface area contributed by atoms with Crippen LogP contribution in [0.2, 0.25) is 0 Å². The summed E-state index contributed by atoms with van der Waals surface area (Å²) in [5.74, 6) is 4.50. The Morgan fingerprint density at radius 2 is 0.605 bits per heavy atom. The van der Waals surface area contributed by atoms with Crippen molar-refractivity contribution >= 4 is 5.91 Å². The Morgan fingerprint density at radius 1 is 0.368 bits per heavy atom. The Balaban J connectivity index is 3.02. The Morgan fingerprint density at radius 3 is 0.868 bits per heavy atom. The minimum absolute atomic E-state index is 0.217. The van der Waals surface area contributed by atoms with Crippen molar-refractivity contribution < 1.29 is 62.0 Å². The van der Waals surface area contributed by atoms with Gasteiger partial charge in [-0.3, -0.25) is 4.79 Å². The van der Waals surface area contributed by atoms with Gasteiger partial charge in [-0.15, -0.1) is 0 Å². The van der Waals surface area contributed by atoms with Gasteiger partial charge in [-0.25, -0.2) is 15.7 Å². The van der Waals surface area contributed by atoms with Gasteiger partial charge in [0.05, 0.1) is 126 Å². The van der Waals surface area contributed by atoms with Crippen LogP contribution in [0.15, 0.2) is 0 Å². The van der Waals surface area contributed by atoms with Crippen LogP contribution in [0.25, 0.3) is 0 Å². The second kappa shape index (κ2) is 34.0. The molecule has 15 heteroatoms. The fourth-order valence-corrected chi connectivity index (χ4v) is 2.33. The smallest absolute Gasteiger partial charge is 0.219 e. The first-order chi connectivity index (χ1) is 18.8. The average Bonchev–Trinajstić information content (AvgIpc) is 2.91. The molecule has 4 N–H and O–H groups in total. The Labute approximate surface area is 225 Å². The lowest BCUT2D eigenvalue weighted by molar-refractivity contribution is -0.303. The third-order valence-corrected chi connectivity index (χ3v) is 4.15. The summed E-state index contributed by atoms with van der Waals surface area (Å²) in [6, 6.07) is 0. The number of ether oxygens (including phenoxy) is 9. The largest absolute Gasteiger partial charge is 0.379 e. The first-order valence-corrected chi connectivity index (χ1v) is 12.8. The van der Waals surface area contributed by atoms with Crippen LogP contribution in [0.5, 0.6) is 0 Å². The molecule has 0 atom stereocenters. The van der Waals surface area contributed by atoms with Gasteiger partial charge in [-0.1, -0.05) is 0 Å². The molecule has 0 radical (unpaired) electrons.